The van der Waals surface area contributed by atoms with Gasteiger partial charge in [0.1, 0.15) is 11.7 Å². The van der Waals surface area contributed by atoms with Crippen molar-refractivity contribution in [3.05, 3.63) is 35.9 Å². The Hall–Kier alpha value is -1.46. The summed E-state index contributed by atoms with van der Waals surface area (Å²) in [6, 6.07) is 8.65. The van der Waals surface area contributed by atoms with Crippen LogP contribution in [0.25, 0.3) is 0 Å². The molecule has 0 aliphatic rings. The first kappa shape index (κ1) is 33.6. The van der Waals surface area contributed by atoms with Crippen molar-refractivity contribution in [3.63, 3.8) is 0 Å². The maximum absolute atomic E-state index is 13.6. The van der Waals surface area contributed by atoms with Crippen LogP contribution in [0.5, 0.6) is 0 Å². The molecule has 214 valence electrons. The van der Waals surface area contributed by atoms with Gasteiger partial charge in [0.2, 0.25) is 0 Å². The average molecular weight is 560 g/mol. The summed E-state index contributed by atoms with van der Waals surface area (Å²) in [6.45, 7) is 17.2. The van der Waals surface area contributed by atoms with Gasteiger partial charge in [0.15, 0.2) is 23.6 Å². The monoisotopic (exact) mass is 559 g/mol. The number of benzene rings is 1. The summed E-state index contributed by atoms with van der Waals surface area (Å²) >= 11 is 0. The second-order valence-corrected chi connectivity index (χ2v) is 18.9. The van der Waals surface area contributed by atoms with E-state index in [1.165, 1.54) is 0 Å². The fraction of sp³-hybridized carbons (Fsp3) is 0.741. The minimum atomic E-state index is -3.86. The Morgan fingerprint density at radius 1 is 1.05 bits per heavy atom. The van der Waals surface area contributed by atoms with Crippen LogP contribution in [0.4, 0.5) is 4.79 Å². The van der Waals surface area contributed by atoms with Gasteiger partial charge >= 0.3 is 6.09 Å². The zero-order valence-corrected chi connectivity index (χ0v) is 26.0. The van der Waals surface area contributed by atoms with E-state index < -0.39 is 48.0 Å². The molecule has 0 radical (unpaired) electrons. The first-order chi connectivity index (χ1) is 16.9. The Morgan fingerprint density at radius 3 is 2.14 bits per heavy atom. The van der Waals surface area contributed by atoms with E-state index in [0.717, 1.165) is 6.42 Å². The van der Waals surface area contributed by atoms with Crippen molar-refractivity contribution in [2.24, 2.45) is 0 Å². The van der Waals surface area contributed by atoms with Crippen molar-refractivity contribution in [1.29, 1.82) is 0 Å². The molecule has 1 rings (SSSR count). The zero-order chi connectivity index (χ0) is 28.5. The van der Waals surface area contributed by atoms with Gasteiger partial charge < -0.3 is 24.3 Å². The largest absolute Gasteiger partial charge is 0.444 e. The van der Waals surface area contributed by atoms with Crippen molar-refractivity contribution in [1.82, 2.24) is 5.32 Å². The van der Waals surface area contributed by atoms with Crippen LogP contribution in [0.15, 0.2) is 30.3 Å². The molecule has 1 amide bonds. The standard InChI is InChI=1S/C27H49NO7SSi/c1-10-14-22(28-25(30)34-26(2,3)4)17-18-33-24(23(19-29)35-37(8,9)27(5,6)7)36(31,32)20-21-15-12-11-13-16-21/h11-13,15-16,22-24,29H,10,14,17-20H2,1-9H3,(H,28,30)/t22?,23-,24?/m0/s1. The normalized spacial score (nSPS) is 15.6. The molecular weight excluding hydrogens is 510 g/mol. The lowest BCUT2D eigenvalue weighted by Crippen LogP contribution is -2.51. The molecule has 0 saturated carbocycles. The Balaban J connectivity index is 3.12. The second kappa shape index (κ2) is 14.1. The van der Waals surface area contributed by atoms with Gasteiger partial charge in [-0.15, -0.1) is 0 Å². The van der Waals surface area contributed by atoms with E-state index in [4.69, 9.17) is 13.9 Å². The summed E-state index contributed by atoms with van der Waals surface area (Å²) in [5.41, 5.74) is -1.34. The summed E-state index contributed by atoms with van der Waals surface area (Å²) < 4.78 is 44.9. The first-order valence-corrected chi connectivity index (χ1v) is 17.7. The first-order valence-electron chi connectivity index (χ1n) is 13.1. The molecule has 0 bridgehead atoms. The maximum Gasteiger partial charge on any atom is 0.407 e. The van der Waals surface area contributed by atoms with Crippen molar-refractivity contribution >= 4 is 24.2 Å². The van der Waals surface area contributed by atoms with Crippen molar-refractivity contribution in [3.8, 4) is 0 Å². The second-order valence-electron chi connectivity index (χ2n) is 12.1. The minimum Gasteiger partial charge on any atom is -0.444 e. The molecule has 0 heterocycles. The van der Waals surface area contributed by atoms with Crippen LogP contribution >= 0.6 is 0 Å². The molecule has 0 aliphatic carbocycles. The highest BCUT2D eigenvalue weighted by molar-refractivity contribution is 7.91. The topological polar surface area (TPSA) is 111 Å². The Kier molecular flexibility index (Phi) is 12.8. The van der Waals surface area contributed by atoms with E-state index in [2.05, 4.69) is 26.1 Å². The molecule has 1 aromatic rings. The number of hydrogen-bond acceptors (Lipinski definition) is 7. The molecule has 10 heteroatoms. The Morgan fingerprint density at radius 2 is 1.65 bits per heavy atom. The summed E-state index contributed by atoms with van der Waals surface area (Å²) in [6.07, 6.45) is 0.354. The predicted molar refractivity (Wildman–Crippen MR) is 151 cm³/mol. The number of nitrogens with one attached hydrogen (secondary N) is 1. The molecule has 2 unspecified atom stereocenters. The van der Waals surface area contributed by atoms with Crippen molar-refractivity contribution < 1.29 is 32.2 Å². The number of ether oxygens (including phenoxy) is 2. The van der Waals surface area contributed by atoms with E-state index in [-0.39, 0.29) is 23.4 Å². The van der Waals surface area contributed by atoms with Crippen LogP contribution in [0.2, 0.25) is 18.1 Å². The number of carbonyl (C=O) groups is 1. The van der Waals surface area contributed by atoms with Crippen molar-refractivity contribution in [2.45, 2.75) is 115 Å². The summed E-state index contributed by atoms with van der Waals surface area (Å²) in [4.78, 5) is 12.3. The predicted octanol–water partition coefficient (Wildman–Crippen LogP) is 5.41. The number of aliphatic hydroxyl groups is 1. The SMILES string of the molecule is CCCC(CCOC([C@H](CO)O[Si](C)(C)C(C)(C)C)S(=O)(=O)Cc1ccccc1)NC(=O)OC(C)(C)C. The van der Waals surface area contributed by atoms with E-state index in [1.54, 1.807) is 45.0 Å². The van der Waals surface area contributed by atoms with Crippen molar-refractivity contribution in [2.75, 3.05) is 13.2 Å². The molecule has 0 fully saturated rings. The smallest absolute Gasteiger partial charge is 0.407 e. The third-order valence-electron chi connectivity index (χ3n) is 6.41. The maximum atomic E-state index is 13.6. The highest BCUT2D eigenvalue weighted by atomic mass is 32.2. The minimum absolute atomic E-state index is 0.0660. The number of aliphatic hydroxyl groups excluding tert-OH is 1. The number of amides is 1. The molecule has 0 saturated heterocycles. The van der Waals surface area contributed by atoms with E-state index in [1.807, 2.05) is 26.1 Å². The van der Waals surface area contributed by atoms with Crippen LogP contribution in [-0.4, -0.2) is 64.3 Å². The van der Waals surface area contributed by atoms with Gasteiger partial charge in [0, 0.05) is 6.04 Å². The fourth-order valence-corrected chi connectivity index (χ4v) is 6.64. The van der Waals surface area contributed by atoms with E-state index >= 15 is 0 Å². The summed E-state index contributed by atoms with van der Waals surface area (Å²) in [5, 5.41) is 12.9. The number of sulfone groups is 1. The molecular formula is C27H49NO7SSi. The zero-order valence-electron chi connectivity index (χ0n) is 24.2. The van der Waals surface area contributed by atoms with Crippen LogP contribution in [0.1, 0.15) is 73.3 Å². The highest BCUT2D eigenvalue weighted by Gasteiger charge is 2.44. The lowest BCUT2D eigenvalue weighted by molar-refractivity contribution is -0.0139. The molecule has 3 atom stereocenters. The van der Waals surface area contributed by atoms with E-state index in [0.29, 0.717) is 18.4 Å². The number of alkyl carbamates (subject to hydrolysis) is 1. The molecule has 2 N–H and O–H groups in total. The van der Waals surface area contributed by atoms with Gasteiger partial charge in [-0.05, 0) is 57.3 Å². The molecule has 0 spiro atoms. The highest BCUT2D eigenvalue weighted by Crippen LogP contribution is 2.38. The lowest BCUT2D eigenvalue weighted by Gasteiger charge is -2.40. The van der Waals surface area contributed by atoms with Crippen LogP contribution in [0, 0.1) is 0 Å². The van der Waals surface area contributed by atoms with Gasteiger partial charge in [0.05, 0.1) is 19.0 Å². The average Bonchev–Trinajstić information content (AvgIpc) is 2.73. The van der Waals surface area contributed by atoms with Gasteiger partial charge in [-0.2, -0.15) is 0 Å². The lowest BCUT2D eigenvalue weighted by atomic mass is 10.1. The Labute approximate surface area is 225 Å². The molecule has 0 aromatic heterocycles. The number of hydrogen-bond donors (Lipinski definition) is 2. The third kappa shape index (κ3) is 11.9. The molecule has 0 aliphatic heterocycles. The van der Waals surface area contributed by atoms with Crippen LogP contribution < -0.4 is 5.32 Å². The van der Waals surface area contributed by atoms with Gasteiger partial charge in [-0.1, -0.05) is 64.4 Å². The summed E-state index contributed by atoms with van der Waals surface area (Å²) in [7, 11) is -6.28. The Bertz CT molecular complexity index is 924. The molecule has 8 nitrogen and oxygen atoms in total. The number of carbonyl (C=O) groups excluding carboxylic acids is 1. The fourth-order valence-electron chi connectivity index (χ4n) is 3.50. The van der Waals surface area contributed by atoms with Crippen LogP contribution in [0.3, 0.4) is 0 Å². The van der Waals surface area contributed by atoms with Gasteiger partial charge in [-0.25, -0.2) is 13.2 Å². The van der Waals surface area contributed by atoms with Gasteiger partial charge in [-0.3, -0.25) is 0 Å². The molecule has 1 aromatic carbocycles. The third-order valence-corrected chi connectivity index (χ3v) is 12.8. The van der Waals surface area contributed by atoms with Gasteiger partial charge in [0.25, 0.3) is 0 Å². The molecule has 37 heavy (non-hydrogen) atoms. The summed E-state index contributed by atoms with van der Waals surface area (Å²) in [5.74, 6) is -0.232. The van der Waals surface area contributed by atoms with E-state index in [9.17, 15) is 18.3 Å². The van der Waals surface area contributed by atoms with Crippen LogP contribution in [-0.2, 0) is 29.5 Å². The number of rotatable bonds is 14. The quantitative estimate of drug-likeness (QED) is 0.293.